The van der Waals surface area contributed by atoms with Gasteiger partial charge in [-0.1, -0.05) is 11.6 Å². The number of benzene rings is 1. The number of nitrogens with zero attached hydrogens (tertiary/aromatic N) is 1. The second kappa shape index (κ2) is 7.03. The average Bonchev–Trinajstić information content (AvgIpc) is 3.32. The number of carbonyl (C=O) groups excluding carboxylic acids is 1. The Balaban J connectivity index is 1.37. The monoisotopic (exact) mass is 324 g/mol. The van der Waals surface area contributed by atoms with Crippen LogP contribution in [0, 0.1) is 0 Å². The summed E-state index contributed by atoms with van der Waals surface area (Å²) in [5.74, 6) is 0.615. The minimum Gasteiger partial charge on any atom is -0.353 e. The number of hydrogen-bond acceptors (Lipinski definition) is 3. The zero-order valence-corrected chi connectivity index (χ0v) is 13.6. The summed E-state index contributed by atoms with van der Waals surface area (Å²) in [6, 6.07) is 8.83. The lowest BCUT2D eigenvalue weighted by Gasteiger charge is -2.32. The van der Waals surface area contributed by atoms with Crippen LogP contribution in [0.15, 0.2) is 29.2 Å². The van der Waals surface area contributed by atoms with Crippen molar-refractivity contribution < 1.29 is 4.79 Å². The van der Waals surface area contributed by atoms with Crippen molar-refractivity contribution in [1.82, 2.24) is 10.2 Å². The van der Waals surface area contributed by atoms with Gasteiger partial charge in [-0.3, -0.25) is 4.79 Å². The maximum atomic E-state index is 12.0. The molecule has 1 saturated heterocycles. The van der Waals surface area contributed by atoms with E-state index >= 15 is 0 Å². The molecule has 0 radical (unpaired) electrons. The lowest BCUT2D eigenvalue weighted by Crippen LogP contribution is -2.45. The zero-order chi connectivity index (χ0) is 14.7. The van der Waals surface area contributed by atoms with E-state index in [0.29, 0.717) is 11.8 Å². The van der Waals surface area contributed by atoms with Gasteiger partial charge in [0, 0.05) is 35.1 Å². The third-order valence-electron chi connectivity index (χ3n) is 4.14. The molecular weight excluding hydrogens is 304 g/mol. The molecule has 1 aliphatic carbocycles. The molecule has 1 aromatic carbocycles. The van der Waals surface area contributed by atoms with Crippen molar-refractivity contribution in [3.8, 4) is 0 Å². The molecule has 21 heavy (non-hydrogen) atoms. The van der Waals surface area contributed by atoms with E-state index in [9.17, 15) is 4.79 Å². The molecular formula is C16H21ClN2OS. The molecule has 114 valence electrons. The first-order valence-electron chi connectivity index (χ1n) is 7.62. The van der Waals surface area contributed by atoms with Crippen LogP contribution in [0.2, 0.25) is 5.02 Å². The van der Waals surface area contributed by atoms with E-state index in [1.807, 2.05) is 24.3 Å². The number of rotatable bonds is 5. The van der Waals surface area contributed by atoms with Crippen molar-refractivity contribution in [2.24, 2.45) is 0 Å². The number of likely N-dealkylation sites (tertiary alicyclic amines) is 1. The Morgan fingerprint density at radius 3 is 2.48 bits per heavy atom. The number of nitrogens with one attached hydrogen (secondary N) is 1. The molecule has 0 aromatic heterocycles. The van der Waals surface area contributed by atoms with Crippen LogP contribution < -0.4 is 5.32 Å². The normalized spacial score (nSPS) is 20.4. The van der Waals surface area contributed by atoms with Gasteiger partial charge in [-0.15, -0.1) is 11.8 Å². The first-order valence-corrected chi connectivity index (χ1v) is 8.99. The van der Waals surface area contributed by atoms with Crippen molar-refractivity contribution in [3.05, 3.63) is 29.3 Å². The number of carbonyl (C=O) groups is 1. The van der Waals surface area contributed by atoms with Crippen LogP contribution in [0.1, 0.15) is 25.7 Å². The summed E-state index contributed by atoms with van der Waals surface area (Å²) in [6.07, 6.45) is 4.92. The van der Waals surface area contributed by atoms with E-state index in [4.69, 9.17) is 11.6 Å². The lowest BCUT2D eigenvalue weighted by atomic mass is 10.1. The molecule has 1 N–H and O–H groups in total. The Kier molecular flexibility index (Phi) is 5.09. The molecule has 2 fully saturated rings. The number of piperidine rings is 1. The first kappa shape index (κ1) is 15.2. The summed E-state index contributed by atoms with van der Waals surface area (Å²) >= 11 is 7.41. The Bertz CT molecular complexity index is 482. The van der Waals surface area contributed by atoms with Gasteiger partial charge in [0.15, 0.2) is 0 Å². The maximum Gasteiger partial charge on any atom is 0.230 e. The van der Waals surface area contributed by atoms with Crippen LogP contribution in [-0.4, -0.2) is 41.7 Å². The highest BCUT2D eigenvalue weighted by Gasteiger charge is 2.31. The minimum absolute atomic E-state index is 0.139. The largest absolute Gasteiger partial charge is 0.353 e. The average molecular weight is 325 g/mol. The van der Waals surface area contributed by atoms with Gasteiger partial charge in [-0.05, 0) is 49.9 Å². The Morgan fingerprint density at radius 1 is 1.19 bits per heavy atom. The molecule has 0 unspecified atom stereocenters. The van der Waals surface area contributed by atoms with E-state index < -0.39 is 0 Å². The topological polar surface area (TPSA) is 32.3 Å². The summed E-state index contributed by atoms with van der Waals surface area (Å²) in [6.45, 7) is 2.28. The molecule has 0 atom stereocenters. The molecule has 0 spiro atoms. The van der Waals surface area contributed by atoms with E-state index in [-0.39, 0.29) is 5.91 Å². The van der Waals surface area contributed by atoms with Crippen molar-refractivity contribution in [1.29, 1.82) is 0 Å². The maximum absolute atomic E-state index is 12.0. The molecule has 1 saturated carbocycles. The number of halogens is 1. The SMILES string of the molecule is O=C(CSc1ccc(Cl)cc1)NC1CCN(C2CC2)CC1. The van der Waals surface area contributed by atoms with Crippen molar-refractivity contribution in [2.75, 3.05) is 18.8 Å². The van der Waals surface area contributed by atoms with Crippen LogP contribution >= 0.6 is 23.4 Å². The van der Waals surface area contributed by atoms with E-state index in [0.717, 1.165) is 41.9 Å². The smallest absolute Gasteiger partial charge is 0.230 e. The Morgan fingerprint density at radius 2 is 1.86 bits per heavy atom. The number of amides is 1. The van der Waals surface area contributed by atoms with Gasteiger partial charge < -0.3 is 10.2 Å². The predicted molar refractivity (Wildman–Crippen MR) is 87.9 cm³/mol. The zero-order valence-electron chi connectivity index (χ0n) is 12.1. The fourth-order valence-electron chi connectivity index (χ4n) is 2.80. The highest BCUT2D eigenvalue weighted by Crippen LogP contribution is 2.29. The van der Waals surface area contributed by atoms with Crippen LogP contribution in [0.4, 0.5) is 0 Å². The fourth-order valence-corrected chi connectivity index (χ4v) is 3.63. The third kappa shape index (κ3) is 4.63. The van der Waals surface area contributed by atoms with Gasteiger partial charge in [0.2, 0.25) is 5.91 Å². The van der Waals surface area contributed by atoms with Gasteiger partial charge in [-0.2, -0.15) is 0 Å². The summed E-state index contributed by atoms with van der Waals surface area (Å²) in [7, 11) is 0. The van der Waals surface area contributed by atoms with Crippen molar-refractivity contribution in [3.63, 3.8) is 0 Å². The van der Waals surface area contributed by atoms with E-state index in [1.165, 1.54) is 12.8 Å². The van der Waals surface area contributed by atoms with Gasteiger partial charge in [0.25, 0.3) is 0 Å². The quantitative estimate of drug-likeness (QED) is 0.844. The summed E-state index contributed by atoms with van der Waals surface area (Å²) in [5, 5.41) is 3.90. The van der Waals surface area contributed by atoms with E-state index in [1.54, 1.807) is 11.8 Å². The minimum atomic E-state index is 0.139. The summed E-state index contributed by atoms with van der Waals surface area (Å²) < 4.78 is 0. The summed E-state index contributed by atoms with van der Waals surface area (Å²) in [5.41, 5.74) is 0. The molecule has 1 heterocycles. The lowest BCUT2D eigenvalue weighted by molar-refractivity contribution is -0.119. The Hall–Kier alpha value is -0.710. The van der Waals surface area contributed by atoms with Crippen LogP contribution in [-0.2, 0) is 4.79 Å². The Labute approximate surface area is 135 Å². The van der Waals surface area contributed by atoms with Crippen LogP contribution in [0.25, 0.3) is 0 Å². The van der Waals surface area contributed by atoms with E-state index in [2.05, 4.69) is 10.2 Å². The van der Waals surface area contributed by atoms with Gasteiger partial charge in [-0.25, -0.2) is 0 Å². The number of thioether (sulfide) groups is 1. The molecule has 0 bridgehead atoms. The molecule has 5 heteroatoms. The fraction of sp³-hybridized carbons (Fsp3) is 0.562. The summed E-state index contributed by atoms with van der Waals surface area (Å²) in [4.78, 5) is 15.7. The standard InChI is InChI=1S/C16H21ClN2OS/c17-12-1-5-15(6-2-12)21-11-16(20)18-13-7-9-19(10-8-13)14-3-4-14/h1-2,5-6,13-14H,3-4,7-11H2,(H,18,20). The second-order valence-electron chi connectivity index (χ2n) is 5.85. The molecule has 1 amide bonds. The molecule has 1 aromatic rings. The van der Waals surface area contributed by atoms with Gasteiger partial charge >= 0.3 is 0 Å². The van der Waals surface area contributed by atoms with Gasteiger partial charge in [0.1, 0.15) is 0 Å². The van der Waals surface area contributed by atoms with Gasteiger partial charge in [0.05, 0.1) is 5.75 Å². The molecule has 2 aliphatic rings. The van der Waals surface area contributed by atoms with Crippen LogP contribution in [0.3, 0.4) is 0 Å². The second-order valence-corrected chi connectivity index (χ2v) is 7.34. The number of hydrogen-bond donors (Lipinski definition) is 1. The van der Waals surface area contributed by atoms with Crippen molar-refractivity contribution in [2.45, 2.75) is 42.7 Å². The first-order chi connectivity index (χ1) is 10.2. The third-order valence-corrected chi connectivity index (χ3v) is 5.41. The highest BCUT2D eigenvalue weighted by molar-refractivity contribution is 8.00. The molecule has 3 rings (SSSR count). The molecule has 3 nitrogen and oxygen atoms in total. The predicted octanol–water partition coefficient (Wildman–Crippen LogP) is 3.18. The molecule has 1 aliphatic heterocycles. The van der Waals surface area contributed by atoms with Crippen molar-refractivity contribution >= 4 is 29.3 Å². The van der Waals surface area contributed by atoms with Crippen LogP contribution in [0.5, 0.6) is 0 Å². The highest BCUT2D eigenvalue weighted by atomic mass is 35.5.